The van der Waals surface area contributed by atoms with Gasteiger partial charge in [0.25, 0.3) is 0 Å². The zero-order valence-electron chi connectivity index (χ0n) is 9.17. The van der Waals surface area contributed by atoms with Gasteiger partial charge in [-0.25, -0.2) is 0 Å². The highest BCUT2D eigenvalue weighted by molar-refractivity contribution is 6.29. The smallest absolute Gasteiger partial charge is 0.324 e. The summed E-state index contributed by atoms with van der Waals surface area (Å²) < 4.78 is 4.93. The predicted molar refractivity (Wildman–Crippen MR) is 58.7 cm³/mol. The summed E-state index contributed by atoms with van der Waals surface area (Å²) in [6.07, 6.45) is -0.401. The molecule has 0 rings (SSSR count). The molecule has 5 heteroatoms. The molecule has 0 saturated carbocycles. The van der Waals surface area contributed by atoms with Gasteiger partial charge in [0.2, 0.25) is 5.91 Å². The number of hydrogen-bond donors (Lipinski definition) is 1. The van der Waals surface area contributed by atoms with Gasteiger partial charge in [0.05, 0.1) is 6.54 Å². The minimum absolute atomic E-state index is 0.251. The molecule has 0 heterocycles. The Morgan fingerprint density at radius 1 is 1.47 bits per heavy atom. The Hall–Kier alpha value is -1.03. The van der Waals surface area contributed by atoms with E-state index in [2.05, 4.69) is 11.9 Å². The van der Waals surface area contributed by atoms with Crippen molar-refractivity contribution in [2.75, 3.05) is 6.54 Å². The van der Waals surface area contributed by atoms with Crippen LogP contribution >= 0.6 is 11.6 Å². The number of rotatable bonds is 5. The molecule has 1 N–H and O–H groups in total. The van der Waals surface area contributed by atoms with Crippen LogP contribution in [-0.2, 0) is 14.3 Å². The minimum Gasteiger partial charge on any atom is -0.460 e. The van der Waals surface area contributed by atoms with E-state index >= 15 is 0 Å². The number of carbonyl (C=O) groups is 2. The van der Waals surface area contributed by atoms with Crippen molar-refractivity contribution in [1.29, 1.82) is 0 Å². The maximum Gasteiger partial charge on any atom is 0.324 e. The van der Waals surface area contributed by atoms with Crippen LogP contribution in [0.5, 0.6) is 0 Å². The third-order valence-electron chi connectivity index (χ3n) is 1.58. The summed E-state index contributed by atoms with van der Waals surface area (Å²) in [6, 6.07) is 0. The van der Waals surface area contributed by atoms with Gasteiger partial charge in [-0.2, -0.15) is 0 Å². The largest absolute Gasteiger partial charge is 0.460 e. The monoisotopic (exact) mass is 233 g/mol. The van der Waals surface area contributed by atoms with Gasteiger partial charge in [0, 0.05) is 5.57 Å². The second-order valence-electron chi connectivity index (χ2n) is 3.35. The van der Waals surface area contributed by atoms with Crippen LogP contribution < -0.4 is 5.32 Å². The fourth-order valence-electron chi connectivity index (χ4n) is 0.721. The van der Waals surface area contributed by atoms with E-state index in [0.29, 0.717) is 5.57 Å². The quantitative estimate of drug-likeness (QED) is 0.442. The van der Waals surface area contributed by atoms with Gasteiger partial charge in [0.1, 0.15) is 11.5 Å². The average Bonchev–Trinajstić information content (AvgIpc) is 2.13. The number of halogens is 1. The fraction of sp³-hybridized carbons (Fsp3) is 0.600. The number of esters is 1. The van der Waals surface area contributed by atoms with E-state index in [0.717, 1.165) is 0 Å². The topological polar surface area (TPSA) is 55.4 Å². The summed E-state index contributed by atoms with van der Waals surface area (Å²) in [6.45, 7) is 8.54. The first-order chi connectivity index (χ1) is 6.84. The first-order valence-corrected chi connectivity index (χ1v) is 5.06. The van der Waals surface area contributed by atoms with Gasteiger partial charge in [-0.15, -0.1) is 11.6 Å². The average molecular weight is 234 g/mol. The van der Waals surface area contributed by atoms with Crippen LogP contribution in [0.2, 0.25) is 0 Å². The normalized spacial score (nSPS) is 13.9. The third kappa shape index (κ3) is 6.12. The number of nitrogens with one attached hydrogen (secondary N) is 1. The summed E-state index contributed by atoms with van der Waals surface area (Å²) in [4.78, 5) is 22.1. The molecule has 2 atom stereocenters. The maximum absolute atomic E-state index is 11.1. The van der Waals surface area contributed by atoms with E-state index in [1.54, 1.807) is 13.8 Å². The van der Waals surface area contributed by atoms with Crippen LogP contribution in [0.1, 0.15) is 20.8 Å². The molecular formula is C10H16ClNO3. The minimum atomic E-state index is -0.677. The van der Waals surface area contributed by atoms with Crippen LogP contribution in [0.15, 0.2) is 12.2 Å². The third-order valence-corrected chi connectivity index (χ3v) is 1.76. The number of alkyl halides is 1. The summed E-state index contributed by atoms with van der Waals surface area (Å²) in [5.41, 5.74) is 0.416. The molecule has 0 fully saturated rings. The molecule has 0 aromatic heterocycles. The lowest BCUT2D eigenvalue weighted by atomic mass is 10.3. The maximum atomic E-state index is 11.1. The highest BCUT2D eigenvalue weighted by Crippen LogP contribution is 2.00. The van der Waals surface area contributed by atoms with E-state index in [-0.39, 0.29) is 12.5 Å². The van der Waals surface area contributed by atoms with Crippen LogP contribution in [-0.4, -0.2) is 29.9 Å². The molecule has 0 aromatic rings. The van der Waals surface area contributed by atoms with Gasteiger partial charge in [-0.05, 0) is 20.8 Å². The highest BCUT2D eigenvalue weighted by Gasteiger charge is 2.15. The van der Waals surface area contributed by atoms with Crippen molar-refractivity contribution in [3.63, 3.8) is 0 Å². The van der Waals surface area contributed by atoms with Crippen molar-refractivity contribution in [3.05, 3.63) is 12.2 Å². The molecular weight excluding hydrogens is 218 g/mol. The molecule has 0 bridgehead atoms. The lowest BCUT2D eigenvalue weighted by Gasteiger charge is -2.14. The summed E-state index contributed by atoms with van der Waals surface area (Å²) in [5, 5.41) is 1.89. The lowest BCUT2D eigenvalue weighted by molar-refractivity contribution is -0.147. The number of hydrogen-bond acceptors (Lipinski definition) is 3. The van der Waals surface area contributed by atoms with Crippen molar-refractivity contribution in [3.8, 4) is 0 Å². The first kappa shape index (κ1) is 14.0. The molecule has 2 unspecified atom stereocenters. The summed E-state index contributed by atoms with van der Waals surface area (Å²) in [5.74, 6) is -0.745. The van der Waals surface area contributed by atoms with Crippen molar-refractivity contribution in [1.82, 2.24) is 5.32 Å². The van der Waals surface area contributed by atoms with E-state index in [9.17, 15) is 9.59 Å². The van der Waals surface area contributed by atoms with Crippen LogP contribution in [0.4, 0.5) is 0 Å². The molecule has 4 nitrogen and oxygen atoms in total. The molecule has 0 radical (unpaired) electrons. The SMILES string of the molecule is C=C(C)C(=O)NCC(C)OC(=O)C(C)Cl. The number of carbonyl (C=O) groups excluding carboxylic acids is 2. The Labute approximate surface area is 94.6 Å². The number of amides is 1. The van der Waals surface area contributed by atoms with E-state index in [4.69, 9.17) is 16.3 Å². The Kier molecular flexibility index (Phi) is 6.01. The number of ether oxygens (including phenoxy) is 1. The van der Waals surface area contributed by atoms with Gasteiger partial charge in [-0.3, -0.25) is 9.59 Å². The van der Waals surface area contributed by atoms with Gasteiger partial charge in [-0.1, -0.05) is 6.58 Å². The summed E-state index contributed by atoms with van der Waals surface area (Å²) in [7, 11) is 0. The van der Waals surface area contributed by atoms with Crippen LogP contribution in [0, 0.1) is 0 Å². The van der Waals surface area contributed by atoms with Gasteiger partial charge < -0.3 is 10.1 Å². The summed E-state index contributed by atoms with van der Waals surface area (Å²) >= 11 is 5.51. The van der Waals surface area contributed by atoms with Crippen molar-refractivity contribution in [2.24, 2.45) is 0 Å². The second-order valence-corrected chi connectivity index (χ2v) is 4.01. The van der Waals surface area contributed by atoms with Crippen molar-refractivity contribution in [2.45, 2.75) is 32.3 Å². The molecule has 86 valence electrons. The Morgan fingerprint density at radius 2 is 2.00 bits per heavy atom. The molecule has 1 amide bonds. The van der Waals surface area contributed by atoms with Crippen LogP contribution in [0.3, 0.4) is 0 Å². The van der Waals surface area contributed by atoms with Crippen molar-refractivity contribution >= 4 is 23.5 Å². The fourth-order valence-corrected chi connectivity index (χ4v) is 0.772. The molecule has 0 spiro atoms. The molecule has 15 heavy (non-hydrogen) atoms. The predicted octanol–water partition coefficient (Wildman–Crippen LogP) is 1.24. The molecule has 0 aliphatic carbocycles. The van der Waals surface area contributed by atoms with Gasteiger partial charge in [0.15, 0.2) is 0 Å². The molecule has 0 aliphatic heterocycles. The Balaban J connectivity index is 3.85. The van der Waals surface area contributed by atoms with Gasteiger partial charge >= 0.3 is 5.97 Å². The Morgan fingerprint density at radius 3 is 2.40 bits per heavy atom. The van der Waals surface area contributed by atoms with Crippen LogP contribution in [0.25, 0.3) is 0 Å². The van der Waals surface area contributed by atoms with Crippen molar-refractivity contribution < 1.29 is 14.3 Å². The molecule has 0 aromatic carbocycles. The lowest BCUT2D eigenvalue weighted by Crippen LogP contribution is -2.34. The second kappa shape index (κ2) is 6.45. The van der Waals surface area contributed by atoms with E-state index in [1.165, 1.54) is 6.92 Å². The van der Waals surface area contributed by atoms with E-state index in [1.807, 2.05) is 0 Å². The first-order valence-electron chi connectivity index (χ1n) is 4.63. The highest BCUT2D eigenvalue weighted by atomic mass is 35.5. The molecule has 0 saturated heterocycles. The zero-order chi connectivity index (χ0) is 12.0. The molecule has 0 aliphatic rings. The zero-order valence-corrected chi connectivity index (χ0v) is 9.93. The Bertz CT molecular complexity index is 263. The standard InChI is InChI=1S/C10H16ClNO3/c1-6(2)9(13)12-5-7(3)15-10(14)8(4)11/h7-8H,1,5H2,2-4H3,(H,12,13). The van der Waals surface area contributed by atoms with E-state index < -0.39 is 17.5 Å².